The van der Waals surface area contributed by atoms with E-state index in [1.54, 1.807) is 0 Å². The van der Waals surface area contributed by atoms with E-state index in [4.69, 9.17) is 10.5 Å². The van der Waals surface area contributed by atoms with Gasteiger partial charge in [-0.2, -0.15) is 0 Å². The van der Waals surface area contributed by atoms with E-state index in [9.17, 15) is 0 Å². The molecule has 0 saturated heterocycles. The van der Waals surface area contributed by atoms with Crippen LogP contribution in [-0.4, -0.2) is 6.04 Å². The lowest BCUT2D eigenvalue weighted by molar-refractivity contribution is 0.302. The predicted octanol–water partition coefficient (Wildman–Crippen LogP) is 5.07. The van der Waals surface area contributed by atoms with Crippen LogP contribution in [0.5, 0.6) is 5.75 Å². The third-order valence-corrected chi connectivity index (χ3v) is 4.30. The molecular weight excluding hydrogens is 394 g/mol. The molecule has 21 heavy (non-hydrogen) atoms. The molecule has 1 unspecified atom stereocenters. The summed E-state index contributed by atoms with van der Waals surface area (Å²) in [6.07, 6.45) is 1.78. The van der Waals surface area contributed by atoms with Crippen molar-refractivity contribution < 1.29 is 4.74 Å². The maximum atomic E-state index is 6.07. The number of hydrogen-bond acceptors (Lipinski definition) is 2. The second-order valence-electron chi connectivity index (χ2n) is 5.04. The topological polar surface area (TPSA) is 35.2 Å². The summed E-state index contributed by atoms with van der Waals surface area (Å²) in [5, 5.41) is 0. The third-order valence-electron chi connectivity index (χ3n) is 3.31. The lowest BCUT2D eigenvalue weighted by Gasteiger charge is -2.15. The molecule has 2 aromatic rings. The highest BCUT2D eigenvalue weighted by molar-refractivity contribution is 9.10. The molecule has 0 aliphatic rings. The molecule has 0 fully saturated rings. The molecule has 112 valence electrons. The molecule has 2 aromatic carbocycles. The van der Waals surface area contributed by atoms with Crippen molar-refractivity contribution >= 4 is 31.9 Å². The maximum absolute atomic E-state index is 6.07. The van der Waals surface area contributed by atoms with Crippen LogP contribution in [0.15, 0.2) is 51.4 Å². The van der Waals surface area contributed by atoms with Crippen molar-refractivity contribution in [2.24, 2.45) is 5.73 Å². The van der Waals surface area contributed by atoms with Gasteiger partial charge in [0.25, 0.3) is 0 Å². The van der Waals surface area contributed by atoms with Crippen molar-refractivity contribution in [2.45, 2.75) is 32.4 Å². The second kappa shape index (κ2) is 7.97. The normalized spacial score (nSPS) is 12.2. The first kappa shape index (κ1) is 16.5. The minimum Gasteiger partial charge on any atom is -0.489 e. The number of benzene rings is 2. The summed E-state index contributed by atoms with van der Waals surface area (Å²) in [5.41, 5.74) is 8.36. The van der Waals surface area contributed by atoms with Gasteiger partial charge in [-0.15, -0.1) is 0 Å². The summed E-state index contributed by atoms with van der Waals surface area (Å²) >= 11 is 6.99. The number of halogens is 2. The quantitative estimate of drug-likeness (QED) is 0.718. The van der Waals surface area contributed by atoms with Crippen molar-refractivity contribution in [1.29, 1.82) is 0 Å². The SMILES string of the molecule is CCC(N)Cc1cc(Br)ccc1OCc1cccc(Br)c1. The van der Waals surface area contributed by atoms with E-state index in [0.29, 0.717) is 6.61 Å². The van der Waals surface area contributed by atoms with E-state index >= 15 is 0 Å². The predicted molar refractivity (Wildman–Crippen MR) is 94.6 cm³/mol. The standard InChI is InChI=1S/C17H19Br2NO/c1-2-16(20)10-13-9-15(19)6-7-17(13)21-11-12-4-3-5-14(18)8-12/h3-9,16H,2,10-11,20H2,1H3. The first-order valence-electron chi connectivity index (χ1n) is 6.99. The van der Waals surface area contributed by atoms with E-state index in [0.717, 1.165) is 38.7 Å². The average Bonchev–Trinajstić information content (AvgIpc) is 2.46. The van der Waals surface area contributed by atoms with Crippen LogP contribution >= 0.6 is 31.9 Å². The fourth-order valence-corrected chi connectivity index (χ4v) is 2.92. The van der Waals surface area contributed by atoms with Gasteiger partial charge in [0, 0.05) is 15.0 Å². The van der Waals surface area contributed by atoms with E-state index in [2.05, 4.69) is 57.0 Å². The molecule has 0 saturated carbocycles. The number of ether oxygens (including phenoxy) is 1. The Morgan fingerprint density at radius 2 is 1.86 bits per heavy atom. The zero-order chi connectivity index (χ0) is 15.2. The summed E-state index contributed by atoms with van der Waals surface area (Å²) in [6.45, 7) is 2.65. The van der Waals surface area contributed by atoms with Crippen LogP contribution in [-0.2, 0) is 13.0 Å². The molecule has 2 nitrogen and oxygen atoms in total. The van der Waals surface area contributed by atoms with Crippen LogP contribution in [0.1, 0.15) is 24.5 Å². The second-order valence-corrected chi connectivity index (χ2v) is 6.87. The zero-order valence-electron chi connectivity index (χ0n) is 12.0. The van der Waals surface area contributed by atoms with E-state index in [-0.39, 0.29) is 6.04 Å². The number of rotatable bonds is 6. The maximum Gasteiger partial charge on any atom is 0.123 e. The van der Waals surface area contributed by atoms with Gasteiger partial charge in [0.2, 0.25) is 0 Å². The van der Waals surface area contributed by atoms with Gasteiger partial charge in [-0.25, -0.2) is 0 Å². The van der Waals surface area contributed by atoms with Gasteiger partial charge in [-0.3, -0.25) is 0 Å². The Hall–Kier alpha value is -0.840. The monoisotopic (exact) mass is 411 g/mol. The van der Waals surface area contributed by atoms with E-state index in [1.807, 2.05) is 24.3 Å². The lowest BCUT2D eigenvalue weighted by Crippen LogP contribution is -2.21. The lowest BCUT2D eigenvalue weighted by atomic mass is 10.0. The Balaban J connectivity index is 2.11. The van der Waals surface area contributed by atoms with Crippen LogP contribution in [0.3, 0.4) is 0 Å². The first-order valence-corrected chi connectivity index (χ1v) is 8.58. The van der Waals surface area contributed by atoms with Gasteiger partial charge in [-0.05, 0) is 54.3 Å². The Kier molecular flexibility index (Phi) is 6.27. The molecule has 2 rings (SSSR count). The molecule has 0 bridgehead atoms. The summed E-state index contributed by atoms with van der Waals surface area (Å²) in [5.74, 6) is 0.905. The van der Waals surface area contributed by atoms with Crippen LogP contribution in [0, 0.1) is 0 Å². The van der Waals surface area contributed by atoms with Crippen LogP contribution < -0.4 is 10.5 Å². The highest BCUT2D eigenvalue weighted by Gasteiger charge is 2.09. The van der Waals surface area contributed by atoms with Crippen molar-refractivity contribution in [3.05, 3.63) is 62.5 Å². The molecule has 2 N–H and O–H groups in total. The van der Waals surface area contributed by atoms with Crippen molar-refractivity contribution in [3.63, 3.8) is 0 Å². The van der Waals surface area contributed by atoms with Crippen molar-refractivity contribution in [2.75, 3.05) is 0 Å². The van der Waals surface area contributed by atoms with Crippen LogP contribution in [0.4, 0.5) is 0 Å². The average molecular weight is 413 g/mol. The molecule has 0 amide bonds. The smallest absolute Gasteiger partial charge is 0.123 e. The minimum absolute atomic E-state index is 0.160. The van der Waals surface area contributed by atoms with Gasteiger partial charge in [-0.1, -0.05) is 50.9 Å². The molecule has 0 aliphatic carbocycles. The summed E-state index contributed by atoms with van der Waals surface area (Å²) in [4.78, 5) is 0. The van der Waals surface area contributed by atoms with Crippen molar-refractivity contribution in [3.8, 4) is 5.75 Å². The molecule has 0 radical (unpaired) electrons. The van der Waals surface area contributed by atoms with E-state index in [1.165, 1.54) is 0 Å². The Morgan fingerprint density at radius 1 is 1.10 bits per heavy atom. The number of nitrogens with two attached hydrogens (primary N) is 1. The Labute approximate surface area is 143 Å². The van der Waals surface area contributed by atoms with Crippen molar-refractivity contribution in [1.82, 2.24) is 0 Å². The van der Waals surface area contributed by atoms with Crippen LogP contribution in [0.25, 0.3) is 0 Å². The van der Waals surface area contributed by atoms with Gasteiger partial charge >= 0.3 is 0 Å². The fourth-order valence-electron chi connectivity index (χ4n) is 2.06. The van der Waals surface area contributed by atoms with Gasteiger partial charge in [0.15, 0.2) is 0 Å². The molecule has 0 aliphatic heterocycles. The Bertz CT molecular complexity index is 601. The van der Waals surface area contributed by atoms with E-state index < -0.39 is 0 Å². The summed E-state index contributed by atoms with van der Waals surface area (Å²) in [6, 6.07) is 14.4. The highest BCUT2D eigenvalue weighted by atomic mass is 79.9. The minimum atomic E-state index is 0.160. The number of hydrogen-bond donors (Lipinski definition) is 1. The molecule has 0 heterocycles. The van der Waals surface area contributed by atoms with Gasteiger partial charge < -0.3 is 10.5 Å². The molecule has 4 heteroatoms. The molecular formula is C17H19Br2NO. The zero-order valence-corrected chi connectivity index (χ0v) is 15.2. The highest BCUT2D eigenvalue weighted by Crippen LogP contribution is 2.26. The fraction of sp³-hybridized carbons (Fsp3) is 0.294. The third kappa shape index (κ3) is 5.13. The Morgan fingerprint density at radius 3 is 2.57 bits per heavy atom. The molecule has 1 atom stereocenters. The molecule has 0 spiro atoms. The van der Waals surface area contributed by atoms with Crippen LogP contribution in [0.2, 0.25) is 0 Å². The summed E-state index contributed by atoms with van der Waals surface area (Å²) < 4.78 is 8.10. The summed E-state index contributed by atoms with van der Waals surface area (Å²) in [7, 11) is 0. The van der Waals surface area contributed by atoms with Gasteiger partial charge in [0.05, 0.1) is 0 Å². The largest absolute Gasteiger partial charge is 0.489 e. The van der Waals surface area contributed by atoms with Gasteiger partial charge in [0.1, 0.15) is 12.4 Å². The first-order chi connectivity index (χ1) is 10.1. The molecule has 0 aromatic heterocycles.